The summed E-state index contributed by atoms with van der Waals surface area (Å²) >= 11 is 1.28. The van der Waals surface area contributed by atoms with E-state index in [1.54, 1.807) is 36.5 Å². The number of amides is 1. The number of thiazole rings is 1. The normalized spacial score (nSPS) is 10.4. The molecule has 6 nitrogen and oxygen atoms in total. The van der Waals surface area contributed by atoms with Crippen molar-refractivity contribution in [3.63, 3.8) is 0 Å². The largest absolute Gasteiger partial charge is 0.493 e. The van der Waals surface area contributed by atoms with E-state index in [9.17, 15) is 9.18 Å². The van der Waals surface area contributed by atoms with Gasteiger partial charge in [-0.2, -0.15) is 0 Å². The number of methoxy groups -OCH3 is 3. The van der Waals surface area contributed by atoms with Crippen LogP contribution in [0.4, 0.5) is 10.1 Å². The summed E-state index contributed by atoms with van der Waals surface area (Å²) in [5, 5.41) is 3.34. The van der Waals surface area contributed by atoms with Gasteiger partial charge in [-0.05, 0) is 12.1 Å². The van der Waals surface area contributed by atoms with Crippen LogP contribution in [0.15, 0.2) is 42.6 Å². The second kappa shape index (κ2) is 8.71. The van der Waals surface area contributed by atoms with Crippen molar-refractivity contribution in [1.29, 1.82) is 0 Å². The van der Waals surface area contributed by atoms with Crippen molar-refractivity contribution in [1.82, 2.24) is 4.98 Å². The molecule has 0 atom stereocenters. The highest BCUT2D eigenvalue weighted by molar-refractivity contribution is 7.15. The van der Waals surface area contributed by atoms with Gasteiger partial charge in [-0.25, -0.2) is 9.37 Å². The number of benzene rings is 2. The van der Waals surface area contributed by atoms with Gasteiger partial charge in [-0.15, -0.1) is 11.3 Å². The van der Waals surface area contributed by atoms with E-state index in [1.807, 2.05) is 0 Å². The van der Waals surface area contributed by atoms with Crippen LogP contribution in [0.2, 0.25) is 0 Å². The highest BCUT2D eigenvalue weighted by Gasteiger charge is 2.16. The molecule has 3 rings (SSSR count). The van der Waals surface area contributed by atoms with Gasteiger partial charge in [0.05, 0.1) is 27.8 Å². The minimum absolute atomic E-state index is 0.114. The van der Waals surface area contributed by atoms with E-state index in [0.29, 0.717) is 33.5 Å². The average molecular weight is 402 g/mol. The van der Waals surface area contributed by atoms with Crippen LogP contribution in [0.3, 0.4) is 0 Å². The molecular weight excluding hydrogens is 383 g/mol. The molecule has 0 fully saturated rings. The Hall–Kier alpha value is -3.13. The SMILES string of the molecule is COc1cc(NC(=O)Cc2cnc(-c3ccccc3F)s2)cc(OC)c1OC. The Kier molecular flexibility index (Phi) is 6.10. The molecule has 0 saturated carbocycles. The first-order valence-corrected chi connectivity index (χ1v) is 9.16. The number of rotatable bonds is 7. The molecule has 0 aliphatic rings. The Morgan fingerprint density at radius 3 is 2.39 bits per heavy atom. The number of anilines is 1. The number of nitrogens with zero attached hydrogens (tertiary/aromatic N) is 1. The Balaban J connectivity index is 1.74. The summed E-state index contributed by atoms with van der Waals surface area (Å²) in [6.45, 7) is 0. The molecule has 3 aromatic rings. The third kappa shape index (κ3) is 4.23. The van der Waals surface area contributed by atoms with Crippen LogP contribution < -0.4 is 19.5 Å². The van der Waals surface area contributed by atoms with E-state index in [1.165, 1.54) is 38.7 Å². The predicted molar refractivity (Wildman–Crippen MR) is 106 cm³/mol. The summed E-state index contributed by atoms with van der Waals surface area (Å²) in [6.07, 6.45) is 1.70. The summed E-state index contributed by atoms with van der Waals surface area (Å²) in [6, 6.07) is 9.71. The minimum Gasteiger partial charge on any atom is -0.493 e. The number of carbonyl (C=O) groups excluding carboxylic acids is 1. The maximum absolute atomic E-state index is 13.9. The lowest BCUT2D eigenvalue weighted by Crippen LogP contribution is -2.14. The summed E-state index contributed by atoms with van der Waals surface area (Å²) in [5.41, 5.74) is 0.933. The fourth-order valence-electron chi connectivity index (χ4n) is 2.67. The molecule has 8 heteroatoms. The van der Waals surface area contributed by atoms with E-state index < -0.39 is 0 Å². The minimum atomic E-state index is -0.342. The second-order valence-electron chi connectivity index (χ2n) is 5.75. The van der Waals surface area contributed by atoms with Crippen LogP contribution in [0.1, 0.15) is 4.88 Å². The standard InChI is InChI=1S/C20H19FN2O4S/c1-25-16-8-12(9-17(26-2)19(16)27-3)23-18(24)10-13-11-22-20(28-13)14-6-4-5-7-15(14)21/h4-9,11H,10H2,1-3H3,(H,23,24). The van der Waals surface area contributed by atoms with Crippen molar-refractivity contribution >= 4 is 22.9 Å². The number of ether oxygens (including phenoxy) is 3. The van der Waals surface area contributed by atoms with Crippen LogP contribution in [-0.2, 0) is 11.2 Å². The Morgan fingerprint density at radius 2 is 1.79 bits per heavy atom. The molecule has 0 bridgehead atoms. The lowest BCUT2D eigenvalue weighted by Gasteiger charge is -2.14. The van der Waals surface area contributed by atoms with Gasteiger partial charge in [0.15, 0.2) is 11.5 Å². The van der Waals surface area contributed by atoms with Crippen molar-refractivity contribution in [2.45, 2.75) is 6.42 Å². The summed E-state index contributed by atoms with van der Waals surface area (Å²) < 4.78 is 29.7. The first-order chi connectivity index (χ1) is 13.5. The third-order valence-corrected chi connectivity index (χ3v) is 4.97. The van der Waals surface area contributed by atoms with E-state index in [0.717, 1.165) is 4.88 Å². The smallest absolute Gasteiger partial charge is 0.229 e. The molecule has 0 aliphatic heterocycles. The van der Waals surface area contributed by atoms with Crippen LogP contribution in [-0.4, -0.2) is 32.2 Å². The fraction of sp³-hybridized carbons (Fsp3) is 0.200. The van der Waals surface area contributed by atoms with Crippen LogP contribution in [0, 0.1) is 5.82 Å². The van der Waals surface area contributed by atoms with Crippen molar-refractivity contribution in [3.8, 4) is 27.8 Å². The zero-order chi connectivity index (χ0) is 20.1. The Morgan fingerprint density at radius 1 is 1.11 bits per heavy atom. The Labute approximate surface area is 165 Å². The zero-order valence-corrected chi connectivity index (χ0v) is 16.4. The van der Waals surface area contributed by atoms with Gasteiger partial charge in [0.25, 0.3) is 0 Å². The number of aromatic nitrogens is 1. The first kappa shape index (κ1) is 19.6. The van der Waals surface area contributed by atoms with Crippen LogP contribution in [0.5, 0.6) is 17.2 Å². The third-order valence-electron chi connectivity index (χ3n) is 3.94. The van der Waals surface area contributed by atoms with Gasteiger partial charge in [0.2, 0.25) is 11.7 Å². The zero-order valence-electron chi connectivity index (χ0n) is 15.6. The number of nitrogens with one attached hydrogen (secondary N) is 1. The van der Waals surface area contributed by atoms with Crippen molar-refractivity contribution in [2.24, 2.45) is 0 Å². The summed E-state index contributed by atoms with van der Waals surface area (Å²) in [5.74, 6) is 0.747. The topological polar surface area (TPSA) is 69.7 Å². The average Bonchev–Trinajstić information content (AvgIpc) is 3.15. The molecule has 2 aromatic carbocycles. The van der Waals surface area contributed by atoms with Crippen LogP contribution >= 0.6 is 11.3 Å². The lowest BCUT2D eigenvalue weighted by atomic mass is 10.2. The van der Waals surface area contributed by atoms with Crippen molar-refractivity contribution < 1.29 is 23.4 Å². The quantitative estimate of drug-likeness (QED) is 0.643. The van der Waals surface area contributed by atoms with Crippen LogP contribution in [0.25, 0.3) is 10.6 Å². The first-order valence-electron chi connectivity index (χ1n) is 8.35. The molecule has 1 heterocycles. The number of hydrogen-bond donors (Lipinski definition) is 1. The molecule has 1 amide bonds. The second-order valence-corrected chi connectivity index (χ2v) is 6.87. The highest BCUT2D eigenvalue weighted by atomic mass is 32.1. The molecule has 0 spiro atoms. The van der Waals surface area contributed by atoms with E-state index >= 15 is 0 Å². The van der Waals surface area contributed by atoms with Gasteiger partial charge in [-0.1, -0.05) is 12.1 Å². The molecule has 28 heavy (non-hydrogen) atoms. The van der Waals surface area contributed by atoms with E-state index in [4.69, 9.17) is 14.2 Å². The van der Waals surface area contributed by atoms with Gasteiger partial charge in [-0.3, -0.25) is 4.79 Å². The molecule has 0 unspecified atom stereocenters. The fourth-order valence-corrected chi connectivity index (χ4v) is 3.60. The number of hydrogen-bond acceptors (Lipinski definition) is 6. The molecule has 0 saturated heterocycles. The summed E-state index contributed by atoms with van der Waals surface area (Å²) in [7, 11) is 4.52. The van der Waals surface area contributed by atoms with Crippen molar-refractivity contribution in [2.75, 3.05) is 26.6 Å². The maximum atomic E-state index is 13.9. The molecule has 146 valence electrons. The predicted octanol–water partition coefficient (Wildman–Crippen LogP) is 4.16. The molecule has 1 N–H and O–H groups in total. The summed E-state index contributed by atoms with van der Waals surface area (Å²) in [4.78, 5) is 17.4. The van der Waals surface area contributed by atoms with Gasteiger partial charge >= 0.3 is 0 Å². The number of carbonyl (C=O) groups is 1. The maximum Gasteiger partial charge on any atom is 0.229 e. The van der Waals surface area contributed by atoms with Gasteiger partial charge in [0.1, 0.15) is 10.8 Å². The molecule has 0 aliphatic carbocycles. The van der Waals surface area contributed by atoms with Gasteiger partial charge in [0, 0.05) is 34.5 Å². The molecule has 1 aromatic heterocycles. The Bertz CT molecular complexity index is 965. The van der Waals surface area contributed by atoms with Gasteiger partial charge < -0.3 is 19.5 Å². The van der Waals surface area contributed by atoms with Crippen molar-refractivity contribution in [3.05, 3.63) is 53.3 Å². The van der Waals surface area contributed by atoms with E-state index in [2.05, 4.69) is 10.3 Å². The highest BCUT2D eigenvalue weighted by Crippen LogP contribution is 2.40. The molecular formula is C20H19FN2O4S. The van der Waals surface area contributed by atoms with E-state index in [-0.39, 0.29) is 18.1 Å². The monoisotopic (exact) mass is 402 g/mol. The lowest BCUT2D eigenvalue weighted by molar-refractivity contribution is -0.115. The molecule has 0 radical (unpaired) electrons. The number of halogens is 1.